The van der Waals surface area contributed by atoms with Gasteiger partial charge >= 0.3 is 0 Å². The fourth-order valence-electron chi connectivity index (χ4n) is 1.76. The molecule has 102 valence electrons. The summed E-state index contributed by atoms with van der Waals surface area (Å²) in [6.45, 7) is 0.545. The lowest BCUT2D eigenvalue weighted by molar-refractivity contribution is 0.373. The number of hydrogen-bond donors (Lipinski definition) is 2. The van der Waals surface area contributed by atoms with E-state index in [1.165, 1.54) is 7.11 Å². The first-order chi connectivity index (χ1) is 9.63. The van der Waals surface area contributed by atoms with Gasteiger partial charge in [-0.15, -0.1) is 0 Å². The van der Waals surface area contributed by atoms with Crippen LogP contribution in [0.25, 0.3) is 0 Å². The maximum absolute atomic E-state index is 9.52. The molecule has 4 nitrogen and oxygen atoms in total. The molecule has 0 fully saturated rings. The molecule has 0 aromatic heterocycles. The Labute approximate surface area is 122 Å². The summed E-state index contributed by atoms with van der Waals surface area (Å²) in [5.41, 5.74) is 2.19. The van der Waals surface area contributed by atoms with Crippen molar-refractivity contribution in [2.24, 2.45) is 0 Å². The first-order valence-electron chi connectivity index (χ1n) is 5.93. The van der Waals surface area contributed by atoms with E-state index in [2.05, 4.69) is 5.32 Å². The highest BCUT2D eigenvalue weighted by molar-refractivity contribution is 6.31. The summed E-state index contributed by atoms with van der Waals surface area (Å²) in [6, 6.07) is 12.3. The van der Waals surface area contributed by atoms with Gasteiger partial charge in [0.2, 0.25) is 0 Å². The van der Waals surface area contributed by atoms with Crippen LogP contribution in [0.2, 0.25) is 5.02 Å². The van der Waals surface area contributed by atoms with Crippen LogP contribution in [0.4, 0.5) is 5.69 Å². The average Bonchev–Trinajstić information content (AvgIpc) is 2.47. The van der Waals surface area contributed by atoms with Crippen molar-refractivity contribution in [2.75, 3.05) is 12.4 Å². The van der Waals surface area contributed by atoms with Crippen LogP contribution in [0, 0.1) is 11.3 Å². The molecule has 0 heterocycles. The standard InChI is InChI=1S/C15H13ClN2O2/c1-20-15-6-10(2-5-14(15)19)9-18-12-3-4-13(16)11(7-12)8-17/h2-7,18-19H,9H2,1H3. The molecule has 2 aromatic carbocycles. The number of rotatable bonds is 4. The molecule has 0 aliphatic rings. The number of nitriles is 1. The number of methoxy groups -OCH3 is 1. The molecule has 0 spiro atoms. The summed E-state index contributed by atoms with van der Waals surface area (Å²) in [6.07, 6.45) is 0. The highest BCUT2D eigenvalue weighted by Gasteiger charge is 2.04. The molecular weight excluding hydrogens is 276 g/mol. The Hall–Kier alpha value is -2.38. The Morgan fingerprint density at radius 2 is 2.10 bits per heavy atom. The first-order valence-corrected chi connectivity index (χ1v) is 6.31. The smallest absolute Gasteiger partial charge is 0.160 e. The number of benzene rings is 2. The zero-order chi connectivity index (χ0) is 14.5. The van der Waals surface area contributed by atoms with Crippen LogP contribution < -0.4 is 10.1 Å². The van der Waals surface area contributed by atoms with Crippen molar-refractivity contribution in [3.63, 3.8) is 0 Å². The lowest BCUT2D eigenvalue weighted by Gasteiger charge is -2.09. The Morgan fingerprint density at radius 1 is 1.30 bits per heavy atom. The van der Waals surface area contributed by atoms with E-state index in [1.807, 2.05) is 6.07 Å². The number of anilines is 1. The fourth-order valence-corrected chi connectivity index (χ4v) is 1.92. The van der Waals surface area contributed by atoms with Crippen LogP contribution in [0.5, 0.6) is 11.5 Å². The Balaban J connectivity index is 2.11. The summed E-state index contributed by atoms with van der Waals surface area (Å²) in [7, 11) is 1.50. The van der Waals surface area contributed by atoms with Gasteiger partial charge in [-0.3, -0.25) is 0 Å². The van der Waals surface area contributed by atoms with Gasteiger partial charge in [0.25, 0.3) is 0 Å². The fraction of sp³-hybridized carbons (Fsp3) is 0.133. The van der Waals surface area contributed by atoms with E-state index in [4.69, 9.17) is 21.6 Å². The van der Waals surface area contributed by atoms with Crippen molar-refractivity contribution >= 4 is 17.3 Å². The van der Waals surface area contributed by atoms with Crippen molar-refractivity contribution in [3.05, 3.63) is 52.5 Å². The van der Waals surface area contributed by atoms with E-state index >= 15 is 0 Å². The van der Waals surface area contributed by atoms with Gasteiger partial charge in [0.1, 0.15) is 6.07 Å². The molecule has 0 amide bonds. The molecule has 0 radical (unpaired) electrons. The van der Waals surface area contributed by atoms with Gasteiger partial charge in [0, 0.05) is 12.2 Å². The van der Waals surface area contributed by atoms with E-state index in [9.17, 15) is 5.11 Å². The van der Waals surface area contributed by atoms with E-state index in [-0.39, 0.29) is 5.75 Å². The van der Waals surface area contributed by atoms with Crippen molar-refractivity contribution in [1.29, 1.82) is 5.26 Å². The summed E-state index contributed by atoms with van der Waals surface area (Å²) in [4.78, 5) is 0. The number of nitrogens with one attached hydrogen (secondary N) is 1. The second kappa shape index (κ2) is 6.18. The second-order valence-corrected chi connectivity index (χ2v) is 4.57. The molecule has 0 unspecified atom stereocenters. The zero-order valence-corrected chi connectivity index (χ0v) is 11.6. The SMILES string of the molecule is COc1cc(CNc2ccc(Cl)c(C#N)c2)ccc1O. The molecule has 5 heteroatoms. The normalized spacial score (nSPS) is 9.85. The largest absolute Gasteiger partial charge is 0.504 e. The molecule has 0 aliphatic heterocycles. The van der Waals surface area contributed by atoms with E-state index in [1.54, 1.807) is 36.4 Å². The van der Waals surface area contributed by atoms with Gasteiger partial charge in [-0.05, 0) is 35.9 Å². The van der Waals surface area contributed by atoms with Crippen molar-refractivity contribution in [2.45, 2.75) is 6.54 Å². The number of hydrogen-bond acceptors (Lipinski definition) is 4. The summed E-state index contributed by atoms with van der Waals surface area (Å²) >= 11 is 5.88. The maximum Gasteiger partial charge on any atom is 0.160 e. The minimum absolute atomic E-state index is 0.106. The van der Waals surface area contributed by atoms with Gasteiger partial charge in [-0.25, -0.2) is 0 Å². The van der Waals surface area contributed by atoms with Crippen LogP contribution in [-0.2, 0) is 6.54 Å². The third-order valence-corrected chi connectivity index (χ3v) is 3.16. The molecule has 2 aromatic rings. The highest BCUT2D eigenvalue weighted by Crippen LogP contribution is 2.27. The zero-order valence-electron chi connectivity index (χ0n) is 10.9. The van der Waals surface area contributed by atoms with Crippen molar-refractivity contribution in [3.8, 4) is 17.6 Å². The Kier molecular flexibility index (Phi) is 4.34. The van der Waals surface area contributed by atoms with E-state index < -0.39 is 0 Å². The van der Waals surface area contributed by atoms with Crippen LogP contribution in [-0.4, -0.2) is 12.2 Å². The van der Waals surface area contributed by atoms with Gasteiger partial charge < -0.3 is 15.2 Å². The van der Waals surface area contributed by atoms with Crippen molar-refractivity contribution < 1.29 is 9.84 Å². The number of aromatic hydroxyl groups is 1. The summed E-state index contributed by atoms with van der Waals surface area (Å²) < 4.78 is 5.05. The molecule has 2 N–H and O–H groups in total. The second-order valence-electron chi connectivity index (χ2n) is 4.17. The van der Waals surface area contributed by atoms with Gasteiger partial charge in [-0.1, -0.05) is 17.7 Å². The minimum atomic E-state index is 0.106. The van der Waals surface area contributed by atoms with Crippen LogP contribution in [0.3, 0.4) is 0 Å². The lowest BCUT2D eigenvalue weighted by Crippen LogP contribution is -2.00. The predicted molar refractivity (Wildman–Crippen MR) is 78.2 cm³/mol. The number of phenolic OH excluding ortho intramolecular Hbond substituents is 1. The van der Waals surface area contributed by atoms with Gasteiger partial charge in [-0.2, -0.15) is 5.26 Å². The third kappa shape index (κ3) is 3.14. The molecule has 0 atom stereocenters. The van der Waals surface area contributed by atoms with Crippen LogP contribution >= 0.6 is 11.6 Å². The Bertz CT molecular complexity index is 665. The molecule has 20 heavy (non-hydrogen) atoms. The van der Waals surface area contributed by atoms with Crippen LogP contribution in [0.1, 0.15) is 11.1 Å². The molecule has 0 aliphatic carbocycles. The lowest BCUT2D eigenvalue weighted by atomic mass is 10.1. The van der Waals surface area contributed by atoms with Gasteiger partial charge in [0.05, 0.1) is 17.7 Å². The number of nitrogens with zero attached hydrogens (tertiary/aromatic N) is 1. The highest BCUT2D eigenvalue weighted by atomic mass is 35.5. The van der Waals surface area contributed by atoms with E-state index in [0.717, 1.165) is 11.3 Å². The third-order valence-electron chi connectivity index (χ3n) is 2.83. The molecular formula is C15H13ClN2O2. The number of phenols is 1. The van der Waals surface area contributed by atoms with E-state index in [0.29, 0.717) is 22.9 Å². The Morgan fingerprint density at radius 3 is 2.80 bits per heavy atom. The predicted octanol–water partition coefficient (Wildman–Crippen LogP) is 3.54. The minimum Gasteiger partial charge on any atom is -0.504 e. The topological polar surface area (TPSA) is 65.3 Å². The van der Waals surface area contributed by atoms with Crippen molar-refractivity contribution in [1.82, 2.24) is 0 Å². The molecule has 0 bridgehead atoms. The molecule has 0 saturated heterocycles. The summed E-state index contributed by atoms with van der Waals surface area (Å²) in [5, 5.41) is 22.1. The van der Waals surface area contributed by atoms with Crippen LogP contribution in [0.15, 0.2) is 36.4 Å². The molecule has 2 rings (SSSR count). The maximum atomic E-state index is 9.52. The monoisotopic (exact) mass is 288 g/mol. The number of halogens is 1. The number of ether oxygens (including phenoxy) is 1. The first kappa shape index (κ1) is 14.0. The summed E-state index contributed by atoms with van der Waals surface area (Å²) in [5.74, 6) is 0.535. The quantitative estimate of drug-likeness (QED) is 0.903. The van der Waals surface area contributed by atoms with Gasteiger partial charge in [0.15, 0.2) is 11.5 Å². The average molecular weight is 289 g/mol. The molecule has 0 saturated carbocycles.